The second-order valence-corrected chi connectivity index (χ2v) is 4.04. The fourth-order valence-electron chi connectivity index (χ4n) is 1.36. The Balaban J connectivity index is 2.33. The lowest BCUT2D eigenvalue weighted by Gasteiger charge is -2.28. The average molecular weight is 282 g/mol. The van der Waals surface area contributed by atoms with E-state index in [1.54, 1.807) is 0 Å². The standard InChI is InChI=1S/C9H14N8O3/c10-6-13-7(16-9(1-18,2-19)3-20)15-8(14-6)17-5-11-4-12-17/h4-5,18-20H,1-3H2,(H3,10,13,14,15,16). The molecule has 0 bridgehead atoms. The lowest BCUT2D eigenvalue weighted by molar-refractivity contribution is 0.0828. The van der Waals surface area contributed by atoms with Crippen LogP contribution >= 0.6 is 0 Å². The van der Waals surface area contributed by atoms with E-state index in [0.717, 1.165) is 0 Å². The van der Waals surface area contributed by atoms with Crippen molar-refractivity contribution in [3.8, 4) is 5.95 Å². The van der Waals surface area contributed by atoms with Gasteiger partial charge in [0.05, 0.1) is 19.8 Å². The molecule has 0 spiro atoms. The third kappa shape index (κ3) is 2.79. The van der Waals surface area contributed by atoms with Gasteiger partial charge in [-0.1, -0.05) is 0 Å². The minimum absolute atomic E-state index is 0.0137. The van der Waals surface area contributed by atoms with Crippen molar-refractivity contribution in [3.05, 3.63) is 12.7 Å². The minimum Gasteiger partial charge on any atom is -0.394 e. The first-order chi connectivity index (χ1) is 9.62. The van der Waals surface area contributed by atoms with E-state index in [1.807, 2.05) is 0 Å². The van der Waals surface area contributed by atoms with Gasteiger partial charge in [0, 0.05) is 0 Å². The van der Waals surface area contributed by atoms with E-state index in [2.05, 4.69) is 30.4 Å². The number of aliphatic hydroxyl groups excluding tert-OH is 3. The Morgan fingerprint density at radius 3 is 2.40 bits per heavy atom. The maximum absolute atomic E-state index is 9.25. The number of nitrogens with one attached hydrogen (secondary N) is 1. The quantitative estimate of drug-likeness (QED) is 0.372. The van der Waals surface area contributed by atoms with Gasteiger partial charge in [0.1, 0.15) is 18.2 Å². The van der Waals surface area contributed by atoms with Gasteiger partial charge in [0.15, 0.2) is 0 Å². The highest BCUT2D eigenvalue weighted by Crippen LogP contribution is 2.12. The lowest BCUT2D eigenvalue weighted by atomic mass is 10.0. The zero-order chi connectivity index (χ0) is 14.6. The molecular weight excluding hydrogens is 268 g/mol. The van der Waals surface area contributed by atoms with E-state index < -0.39 is 25.4 Å². The Morgan fingerprint density at radius 1 is 1.15 bits per heavy atom. The molecule has 0 aliphatic rings. The number of hydrogen-bond acceptors (Lipinski definition) is 10. The molecule has 0 saturated heterocycles. The highest BCUT2D eigenvalue weighted by molar-refractivity contribution is 5.37. The Hall–Kier alpha value is -2.37. The minimum atomic E-state index is -1.37. The summed E-state index contributed by atoms with van der Waals surface area (Å²) in [5.74, 6) is 0.0103. The topological polar surface area (TPSA) is 168 Å². The van der Waals surface area contributed by atoms with Crippen molar-refractivity contribution >= 4 is 11.9 Å². The van der Waals surface area contributed by atoms with Gasteiger partial charge in [-0.15, -0.1) is 0 Å². The van der Waals surface area contributed by atoms with Gasteiger partial charge < -0.3 is 26.4 Å². The van der Waals surface area contributed by atoms with Crippen LogP contribution in [0.15, 0.2) is 12.7 Å². The molecule has 0 atom stereocenters. The number of anilines is 2. The Kier molecular flexibility index (Phi) is 4.02. The molecule has 6 N–H and O–H groups in total. The SMILES string of the molecule is Nc1nc(NC(CO)(CO)CO)nc(-n2cncn2)n1. The van der Waals surface area contributed by atoms with E-state index in [-0.39, 0.29) is 17.8 Å². The fraction of sp³-hybridized carbons (Fsp3) is 0.444. The zero-order valence-corrected chi connectivity index (χ0v) is 10.4. The first-order valence-corrected chi connectivity index (χ1v) is 5.60. The molecule has 2 aromatic heterocycles. The summed E-state index contributed by atoms with van der Waals surface area (Å²) in [5.41, 5.74) is 4.19. The summed E-state index contributed by atoms with van der Waals surface area (Å²) in [6.45, 7) is -1.57. The summed E-state index contributed by atoms with van der Waals surface area (Å²) in [6, 6.07) is 0. The van der Waals surface area contributed by atoms with E-state index in [0.29, 0.717) is 0 Å². The molecule has 11 heteroatoms. The van der Waals surface area contributed by atoms with Crippen molar-refractivity contribution in [1.29, 1.82) is 0 Å². The van der Waals surface area contributed by atoms with Crippen molar-refractivity contribution in [1.82, 2.24) is 29.7 Å². The van der Waals surface area contributed by atoms with Crippen LogP contribution in [0, 0.1) is 0 Å². The molecule has 0 amide bonds. The van der Waals surface area contributed by atoms with Crippen molar-refractivity contribution in [3.63, 3.8) is 0 Å². The van der Waals surface area contributed by atoms with Gasteiger partial charge in [-0.3, -0.25) is 0 Å². The highest BCUT2D eigenvalue weighted by atomic mass is 16.3. The van der Waals surface area contributed by atoms with Crippen LogP contribution in [0.4, 0.5) is 11.9 Å². The number of nitrogens with zero attached hydrogens (tertiary/aromatic N) is 6. The Labute approximate surface area is 113 Å². The van der Waals surface area contributed by atoms with Gasteiger partial charge >= 0.3 is 0 Å². The molecule has 0 radical (unpaired) electrons. The summed E-state index contributed by atoms with van der Waals surface area (Å²) >= 11 is 0. The molecule has 0 unspecified atom stereocenters. The van der Waals surface area contributed by atoms with Gasteiger partial charge in [-0.25, -0.2) is 4.98 Å². The second kappa shape index (κ2) is 5.73. The van der Waals surface area contributed by atoms with Crippen LogP contribution in [-0.2, 0) is 0 Å². The largest absolute Gasteiger partial charge is 0.394 e. The van der Waals surface area contributed by atoms with Crippen LogP contribution in [0.25, 0.3) is 5.95 Å². The molecule has 0 aliphatic carbocycles. The molecule has 0 saturated carbocycles. The van der Waals surface area contributed by atoms with Crippen LogP contribution < -0.4 is 11.1 Å². The Bertz CT molecular complexity index is 548. The molecule has 0 aromatic carbocycles. The van der Waals surface area contributed by atoms with Crippen molar-refractivity contribution in [2.24, 2.45) is 0 Å². The molecule has 20 heavy (non-hydrogen) atoms. The van der Waals surface area contributed by atoms with E-state index in [1.165, 1.54) is 17.3 Å². The predicted octanol–water partition coefficient (Wildman–Crippen LogP) is -2.84. The molecule has 11 nitrogen and oxygen atoms in total. The number of rotatable bonds is 6. The predicted molar refractivity (Wildman–Crippen MR) is 66.8 cm³/mol. The van der Waals surface area contributed by atoms with Crippen LogP contribution in [-0.4, -0.2) is 70.4 Å². The summed E-state index contributed by atoms with van der Waals surface area (Å²) in [7, 11) is 0. The maximum atomic E-state index is 9.25. The average Bonchev–Trinajstić information content (AvgIpc) is 2.98. The van der Waals surface area contributed by atoms with Gasteiger partial charge in [0.25, 0.3) is 5.95 Å². The second-order valence-electron chi connectivity index (χ2n) is 4.04. The van der Waals surface area contributed by atoms with Crippen LogP contribution in [0.2, 0.25) is 0 Å². The Morgan fingerprint density at radius 2 is 1.85 bits per heavy atom. The molecular formula is C9H14N8O3. The third-order valence-corrected chi connectivity index (χ3v) is 2.55. The molecule has 0 fully saturated rings. The van der Waals surface area contributed by atoms with Crippen LogP contribution in [0.1, 0.15) is 0 Å². The maximum Gasteiger partial charge on any atom is 0.258 e. The van der Waals surface area contributed by atoms with Crippen molar-refractivity contribution in [2.45, 2.75) is 5.54 Å². The number of aliphatic hydroxyl groups is 3. The van der Waals surface area contributed by atoms with Crippen LogP contribution in [0.5, 0.6) is 0 Å². The van der Waals surface area contributed by atoms with Crippen molar-refractivity contribution in [2.75, 3.05) is 30.9 Å². The monoisotopic (exact) mass is 282 g/mol. The number of nitrogens with two attached hydrogens (primary N) is 1. The molecule has 2 heterocycles. The van der Waals surface area contributed by atoms with Crippen LogP contribution in [0.3, 0.4) is 0 Å². The van der Waals surface area contributed by atoms with Crippen molar-refractivity contribution < 1.29 is 15.3 Å². The van der Waals surface area contributed by atoms with Gasteiger partial charge in [0.2, 0.25) is 11.9 Å². The fourth-order valence-corrected chi connectivity index (χ4v) is 1.36. The zero-order valence-electron chi connectivity index (χ0n) is 10.4. The number of aromatic nitrogens is 6. The van der Waals surface area contributed by atoms with Gasteiger partial charge in [-0.05, 0) is 0 Å². The molecule has 108 valence electrons. The smallest absolute Gasteiger partial charge is 0.258 e. The summed E-state index contributed by atoms with van der Waals surface area (Å²) in [4.78, 5) is 15.5. The van der Waals surface area contributed by atoms with E-state index >= 15 is 0 Å². The number of nitrogen functional groups attached to an aromatic ring is 1. The summed E-state index contributed by atoms with van der Waals surface area (Å²) in [6.07, 6.45) is 2.67. The first-order valence-electron chi connectivity index (χ1n) is 5.60. The summed E-state index contributed by atoms with van der Waals surface area (Å²) in [5, 5.41) is 34.2. The molecule has 2 aromatic rings. The third-order valence-electron chi connectivity index (χ3n) is 2.55. The van der Waals surface area contributed by atoms with Gasteiger partial charge in [-0.2, -0.15) is 24.7 Å². The van der Waals surface area contributed by atoms with E-state index in [4.69, 9.17) is 5.73 Å². The van der Waals surface area contributed by atoms with E-state index in [9.17, 15) is 15.3 Å². The molecule has 0 aliphatic heterocycles. The lowest BCUT2D eigenvalue weighted by Crippen LogP contribution is -2.49. The highest BCUT2D eigenvalue weighted by Gasteiger charge is 2.29. The molecule has 2 rings (SSSR count). The number of hydrogen-bond donors (Lipinski definition) is 5. The first kappa shape index (κ1) is 14.0. The summed E-state index contributed by atoms with van der Waals surface area (Å²) < 4.78 is 1.27. The normalized spacial score (nSPS) is 11.6.